The maximum Gasteiger partial charge on any atom is 0.243 e. The molecule has 1 aliphatic rings. The van der Waals surface area contributed by atoms with Crippen LogP contribution in [0.5, 0.6) is 0 Å². The second-order valence-corrected chi connectivity index (χ2v) is 6.96. The molecule has 7 heteroatoms. The third kappa shape index (κ3) is 3.36. The molecule has 0 radical (unpaired) electrons. The Bertz CT molecular complexity index is 575. The van der Waals surface area contributed by atoms with Gasteiger partial charge in [-0.25, -0.2) is 8.42 Å². The summed E-state index contributed by atoms with van der Waals surface area (Å²) in [6, 6.07) is 6.90. The minimum absolute atomic E-state index is 0.111. The molecule has 1 aromatic rings. The summed E-state index contributed by atoms with van der Waals surface area (Å²) in [5, 5.41) is 7.26. The number of rotatable bonds is 4. The summed E-state index contributed by atoms with van der Waals surface area (Å²) >= 11 is 0. The number of aryl methyl sites for hydroxylation is 1. The highest BCUT2D eigenvalue weighted by Crippen LogP contribution is 2.17. The van der Waals surface area contributed by atoms with E-state index < -0.39 is 10.0 Å². The van der Waals surface area contributed by atoms with E-state index in [1.165, 1.54) is 4.31 Å². The molecule has 1 saturated heterocycles. The summed E-state index contributed by atoms with van der Waals surface area (Å²) in [4.78, 5) is 2.33. The van der Waals surface area contributed by atoms with Gasteiger partial charge in [-0.15, -0.1) is 0 Å². The average Bonchev–Trinajstić information content (AvgIpc) is 2.39. The molecular formula is C13H20N4O2S. The Morgan fingerprint density at radius 2 is 1.75 bits per heavy atom. The first-order valence-electron chi connectivity index (χ1n) is 6.51. The molecule has 1 aliphatic heterocycles. The van der Waals surface area contributed by atoms with Gasteiger partial charge in [0.25, 0.3) is 0 Å². The number of nitrogens with two attached hydrogens (primary N) is 1. The second kappa shape index (κ2) is 5.90. The van der Waals surface area contributed by atoms with Crippen LogP contribution in [0.15, 0.2) is 29.2 Å². The summed E-state index contributed by atoms with van der Waals surface area (Å²) in [7, 11) is -3.41. The molecule has 1 heterocycles. The number of nitrogens with zero attached hydrogens (tertiary/aromatic N) is 2. The first kappa shape index (κ1) is 15.0. The number of hydrogen-bond acceptors (Lipinski definition) is 4. The molecule has 20 heavy (non-hydrogen) atoms. The van der Waals surface area contributed by atoms with Gasteiger partial charge in [0.05, 0.1) is 11.4 Å². The number of amidine groups is 1. The zero-order chi connectivity index (χ0) is 14.8. The molecule has 3 N–H and O–H groups in total. The van der Waals surface area contributed by atoms with Gasteiger partial charge < -0.3 is 5.73 Å². The van der Waals surface area contributed by atoms with Crippen molar-refractivity contribution in [1.29, 1.82) is 5.41 Å². The minimum Gasteiger partial charge on any atom is -0.387 e. The van der Waals surface area contributed by atoms with Crippen LogP contribution in [0.3, 0.4) is 0 Å². The molecule has 110 valence electrons. The number of benzene rings is 1. The van der Waals surface area contributed by atoms with Crippen LogP contribution in [-0.2, 0) is 10.0 Å². The molecule has 0 amide bonds. The monoisotopic (exact) mass is 296 g/mol. The highest BCUT2D eigenvalue weighted by atomic mass is 32.2. The van der Waals surface area contributed by atoms with E-state index in [4.69, 9.17) is 11.1 Å². The lowest BCUT2D eigenvalue weighted by Crippen LogP contribution is -2.50. The smallest absolute Gasteiger partial charge is 0.243 e. The zero-order valence-electron chi connectivity index (χ0n) is 11.5. The van der Waals surface area contributed by atoms with Crippen LogP contribution in [0.25, 0.3) is 0 Å². The van der Waals surface area contributed by atoms with Gasteiger partial charge in [0.2, 0.25) is 10.0 Å². The second-order valence-electron chi connectivity index (χ2n) is 5.02. The number of hydrogen-bond donors (Lipinski definition) is 2. The van der Waals surface area contributed by atoms with Crippen LogP contribution in [0.4, 0.5) is 0 Å². The molecule has 0 aromatic heterocycles. The molecule has 2 rings (SSSR count). The third-order valence-corrected chi connectivity index (χ3v) is 5.30. The topological polar surface area (TPSA) is 90.5 Å². The van der Waals surface area contributed by atoms with Gasteiger partial charge in [-0.2, -0.15) is 4.31 Å². The maximum atomic E-state index is 12.5. The van der Waals surface area contributed by atoms with Crippen molar-refractivity contribution in [3.8, 4) is 0 Å². The fraction of sp³-hybridized carbons (Fsp3) is 0.462. The summed E-state index contributed by atoms with van der Waals surface area (Å²) < 4.78 is 26.4. The van der Waals surface area contributed by atoms with Crippen LogP contribution in [-0.4, -0.2) is 56.2 Å². The van der Waals surface area contributed by atoms with Crippen LogP contribution in [0, 0.1) is 12.3 Å². The fourth-order valence-electron chi connectivity index (χ4n) is 2.23. The van der Waals surface area contributed by atoms with Gasteiger partial charge in [0, 0.05) is 26.2 Å². The van der Waals surface area contributed by atoms with E-state index in [1.54, 1.807) is 24.3 Å². The lowest BCUT2D eigenvalue weighted by Gasteiger charge is -2.33. The van der Waals surface area contributed by atoms with Gasteiger partial charge in [0.1, 0.15) is 5.84 Å². The number of sulfonamides is 1. The van der Waals surface area contributed by atoms with Crippen LogP contribution < -0.4 is 5.73 Å². The highest BCUT2D eigenvalue weighted by molar-refractivity contribution is 7.89. The Kier molecular flexibility index (Phi) is 4.42. The SMILES string of the molecule is Cc1ccc(S(=O)(=O)N2CCN(CC(=N)N)CC2)cc1. The van der Waals surface area contributed by atoms with Crippen LogP contribution >= 0.6 is 0 Å². The van der Waals surface area contributed by atoms with E-state index in [2.05, 4.69) is 0 Å². The molecule has 1 fully saturated rings. The van der Waals surface area contributed by atoms with Crippen molar-refractivity contribution in [2.45, 2.75) is 11.8 Å². The van der Waals surface area contributed by atoms with E-state index in [1.807, 2.05) is 11.8 Å². The number of piperazine rings is 1. The standard InChI is InChI=1S/C13H20N4O2S/c1-11-2-4-12(5-3-11)20(18,19)17-8-6-16(7-9-17)10-13(14)15/h2-5H,6-10H2,1H3,(H3,14,15). The van der Waals surface area contributed by atoms with Crippen molar-refractivity contribution in [3.63, 3.8) is 0 Å². The molecule has 6 nitrogen and oxygen atoms in total. The number of nitrogens with one attached hydrogen (secondary N) is 1. The van der Waals surface area contributed by atoms with Gasteiger partial charge in [-0.1, -0.05) is 17.7 Å². The quantitative estimate of drug-likeness (QED) is 0.615. The van der Waals surface area contributed by atoms with Gasteiger partial charge >= 0.3 is 0 Å². The molecule has 0 atom stereocenters. The van der Waals surface area contributed by atoms with Crippen molar-refractivity contribution in [2.24, 2.45) is 5.73 Å². The molecule has 0 bridgehead atoms. The molecule has 1 aromatic carbocycles. The Morgan fingerprint density at radius 3 is 2.25 bits per heavy atom. The normalized spacial score (nSPS) is 18.1. The van der Waals surface area contributed by atoms with Gasteiger partial charge in [-0.3, -0.25) is 10.3 Å². The van der Waals surface area contributed by atoms with Gasteiger partial charge in [0.15, 0.2) is 0 Å². The summed E-state index contributed by atoms with van der Waals surface area (Å²) in [6.07, 6.45) is 0. The van der Waals surface area contributed by atoms with E-state index in [0.29, 0.717) is 37.6 Å². The average molecular weight is 296 g/mol. The summed E-state index contributed by atoms with van der Waals surface area (Å²) in [5.41, 5.74) is 6.40. The van der Waals surface area contributed by atoms with E-state index in [0.717, 1.165) is 5.56 Å². The van der Waals surface area contributed by atoms with Crippen molar-refractivity contribution in [3.05, 3.63) is 29.8 Å². The van der Waals surface area contributed by atoms with Crippen molar-refractivity contribution in [1.82, 2.24) is 9.21 Å². The third-order valence-electron chi connectivity index (χ3n) is 3.38. The van der Waals surface area contributed by atoms with Crippen molar-refractivity contribution < 1.29 is 8.42 Å². The first-order valence-corrected chi connectivity index (χ1v) is 7.95. The first-order chi connectivity index (χ1) is 9.39. The summed E-state index contributed by atoms with van der Waals surface area (Å²) in [5.74, 6) is 0.111. The van der Waals surface area contributed by atoms with E-state index >= 15 is 0 Å². The van der Waals surface area contributed by atoms with Crippen molar-refractivity contribution >= 4 is 15.9 Å². The van der Waals surface area contributed by atoms with Crippen LogP contribution in [0.2, 0.25) is 0 Å². The predicted molar refractivity (Wildman–Crippen MR) is 78.3 cm³/mol. The minimum atomic E-state index is -3.41. The molecule has 0 aliphatic carbocycles. The van der Waals surface area contributed by atoms with E-state index in [-0.39, 0.29) is 5.84 Å². The maximum absolute atomic E-state index is 12.5. The Morgan fingerprint density at radius 1 is 1.20 bits per heavy atom. The van der Waals surface area contributed by atoms with Gasteiger partial charge in [-0.05, 0) is 19.1 Å². The highest BCUT2D eigenvalue weighted by Gasteiger charge is 2.28. The Hall–Kier alpha value is -1.44. The van der Waals surface area contributed by atoms with Crippen molar-refractivity contribution in [2.75, 3.05) is 32.7 Å². The molecule has 0 unspecified atom stereocenters. The van der Waals surface area contributed by atoms with E-state index in [9.17, 15) is 8.42 Å². The van der Waals surface area contributed by atoms with Crippen LogP contribution in [0.1, 0.15) is 5.56 Å². The largest absolute Gasteiger partial charge is 0.387 e. The lowest BCUT2D eigenvalue weighted by molar-refractivity contribution is 0.209. The summed E-state index contributed by atoms with van der Waals surface area (Å²) in [6.45, 7) is 4.40. The molecule has 0 saturated carbocycles. The molecule has 0 spiro atoms. The predicted octanol–water partition coefficient (Wildman–Crippen LogP) is 0.237. The fourth-order valence-corrected chi connectivity index (χ4v) is 3.65. The Labute approximate surface area is 119 Å². The lowest BCUT2D eigenvalue weighted by atomic mass is 10.2. The Balaban J connectivity index is 2.05. The zero-order valence-corrected chi connectivity index (χ0v) is 12.4. The molecular weight excluding hydrogens is 276 g/mol.